The van der Waals surface area contributed by atoms with Crippen LogP contribution in [-0.2, 0) is 0 Å². The average Bonchev–Trinajstić information content (AvgIpc) is 2.83. The largest absolute Gasteiger partial charge is 0.399 e. The lowest BCUT2D eigenvalue weighted by Crippen LogP contribution is -2.11. The molecule has 10 N–H and O–H groups in total. The van der Waals surface area contributed by atoms with Gasteiger partial charge in [0.25, 0.3) is 11.8 Å². The lowest BCUT2D eigenvalue weighted by molar-refractivity contribution is 0.101. The van der Waals surface area contributed by atoms with Gasteiger partial charge >= 0.3 is 0 Å². The molecule has 4 aromatic carbocycles. The molecule has 0 aliphatic heterocycles. The first-order valence-corrected chi connectivity index (χ1v) is 10.3. The summed E-state index contributed by atoms with van der Waals surface area (Å²) in [7, 11) is 0. The number of hydrogen-bond acceptors (Lipinski definition) is 6. The Kier molecular flexibility index (Phi) is 7.70. The Bertz CT molecular complexity index is 1140. The summed E-state index contributed by atoms with van der Waals surface area (Å²) in [5, 5.41) is 5.54. The van der Waals surface area contributed by atoms with Crippen LogP contribution in [0.3, 0.4) is 0 Å². The molecule has 172 valence electrons. The molecule has 0 fully saturated rings. The van der Waals surface area contributed by atoms with E-state index in [-0.39, 0.29) is 11.8 Å². The Balaban J connectivity index is 0.000000191. The fraction of sp³-hybridized carbons (Fsp3) is 0. The summed E-state index contributed by atoms with van der Waals surface area (Å²) in [4.78, 5) is 23.7. The number of rotatable bonds is 4. The monoisotopic (exact) mass is 454 g/mol. The topological polar surface area (TPSA) is 162 Å². The number of nitrogens with one attached hydrogen (secondary N) is 2. The van der Waals surface area contributed by atoms with E-state index in [0.717, 1.165) is 0 Å². The van der Waals surface area contributed by atoms with Gasteiger partial charge in [0, 0.05) is 45.3 Å². The van der Waals surface area contributed by atoms with Gasteiger partial charge < -0.3 is 33.6 Å². The maximum Gasteiger partial charge on any atom is 0.255 e. The summed E-state index contributed by atoms with van der Waals surface area (Å²) in [5.41, 5.74) is 27.4. The minimum atomic E-state index is -0.172. The van der Waals surface area contributed by atoms with Crippen molar-refractivity contribution in [2.75, 3.05) is 33.6 Å². The van der Waals surface area contributed by atoms with E-state index in [0.29, 0.717) is 45.3 Å². The van der Waals surface area contributed by atoms with Crippen LogP contribution in [0.4, 0.5) is 34.1 Å². The predicted octanol–water partition coefficient (Wildman–Crippen LogP) is 4.21. The van der Waals surface area contributed by atoms with Crippen LogP contribution in [0.25, 0.3) is 0 Å². The maximum atomic E-state index is 11.8. The molecule has 0 saturated heterocycles. The number of carbonyl (C=O) groups excluding carboxylic acids is 2. The number of anilines is 6. The van der Waals surface area contributed by atoms with Crippen LogP contribution < -0.4 is 33.6 Å². The first-order chi connectivity index (χ1) is 16.3. The highest BCUT2D eigenvalue weighted by Crippen LogP contribution is 2.14. The zero-order valence-corrected chi connectivity index (χ0v) is 18.4. The number of benzene rings is 4. The van der Waals surface area contributed by atoms with Crippen molar-refractivity contribution in [3.63, 3.8) is 0 Å². The van der Waals surface area contributed by atoms with Gasteiger partial charge in [0.1, 0.15) is 0 Å². The van der Waals surface area contributed by atoms with E-state index in [2.05, 4.69) is 10.6 Å². The molecule has 4 rings (SSSR count). The Hall–Kier alpha value is -4.98. The normalized spacial score (nSPS) is 9.88. The van der Waals surface area contributed by atoms with Crippen molar-refractivity contribution < 1.29 is 9.59 Å². The van der Waals surface area contributed by atoms with Crippen molar-refractivity contribution in [2.24, 2.45) is 0 Å². The molecule has 0 atom stereocenters. The number of nitrogen functional groups attached to an aromatic ring is 4. The Labute approximate surface area is 197 Å². The maximum absolute atomic E-state index is 11.8. The second-order valence-electron chi connectivity index (χ2n) is 7.40. The van der Waals surface area contributed by atoms with Gasteiger partial charge in [0.05, 0.1) is 0 Å². The standard InChI is InChI=1S/2C13H13N3O/c2*14-10-3-1-9(2-4-10)13(17)16-12-7-5-11(15)6-8-12/h2*1-8H,14-15H2,(H,16,17). The van der Waals surface area contributed by atoms with Crippen LogP contribution in [0.1, 0.15) is 20.7 Å². The predicted molar refractivity (Wildman–Crippen MR) is 139 cm³/mol. The molecule has 0 aliphatic rings. The molecular weight excluding hydrogens is 428 g/mol. The van der Waals surface area contributed by atoms with Crippen molar-refractivity contribution in [1.82, 2.24) is 0 Å². The minimum absolute atomic E-state index is 0.172. The quantitative estimate of drug-likeness (QED) is 0.253. The Morgan fingerprint density at radius 3 is 0.912 bits per heavy atom. The van der Waals surface area contributed by atoms with Gasteiger partial charge in [0.2, 0.25) is 0 Å². The molecule has 0 aliphatic carbocycles. The van der Waals surface area contributed by atoms with Crippen LogP contribution in [0.15, 0.2) is 97.1 Å². The lowest BCUT2D eigenvalue weighted by Gasteiger charge is -2.05. The molecule has 4 aromatic rings. The van der Waals surface area contributed by atoms with E-state index in [1.54, 1.807) is 97.1 Å². The molecule has 8 heteroatoms. The van der Waals surface area contributed by atoms with Crippen molar-refractivity contribution in [1.29, 1.82) is 0 Å². The van der Waals surface area contributed by atoms with Gasteiger partial charge in [-0.2, -0.15) is 0 Å². The van der Waals surface area contributed by atoms with Gasteiger partial charge in [-0.15, -0.1) is 0 Å². The molecule has 0 bridgehead atoms. The van der Waals surface area contributed by atoms with E-state index < -0.39 is 0 Å². The molecular formula is C26H26N6O2. The number of nitrogens with two attached hydrogens (primary N) is 4. The molecule has 8 nitrogen and oxygen atoms in total. The van der Waals surface area contributed by atoms with E-state index in [1.165, 1.54) is 0 Å². The molecule has 34 heavy (non-hydrogen) atoms. The second kappa shape index (κ2) is 11.1. The Morgan fingerprint density at radius 1 is 0.412 bits per heavy atom. The number of amides is 2. The fourth-order valence-corrected chi connectivity index (χ4v) is 2.81. The van der Waals surface area contributed by atoms with Gasteiger partial charge in [-0.3, -0.25) is 9.59 Å². The van der Waals surface area contributed by atoms with Crippen molar-refractivity contribution in [3.8, 4) is 0 Å². The highest BCUT2D eigenvalue weighted by atomic mass is 16.2. The van der Waals surface area contributed by atoms with Crippen LogP contribution in [0, 0.1) is 0 Å². The average molecular weight is 455 g/mol. The molecule has 0 unspecified atom stereocenters. The molecule has 0 spiro atoms. The van der Waals surface area contributed by atoms with Crippen LogP contribution in [0.2, 0.25) is 0 Å². The van der Waals surface area contributed by atoms with E-state index >= 15 is 0 Å². The molecule has 0 heterocycles. The van der Waals surface area contributed by atoms with Gasteiger partial charge in [-0.05, 0) is 97.1 Å². The highest BCUT2D eigenvalue weighted by molar-refractivity contribution is 6.05. The number of carbonyl (C=O) groups is 2. The lowest BCUT2D eigenvalue weighted by atomic mass is 10.2. The summed E-state index contributed by atoms with van der Waals surface area (Å²) < 4.78 is 0. The zero-order chi connectivity index (χ0) is 24.5. The summed E-state index contributed by atoms with van der Waals surface area (Å²) in [6, 6.07) is 27.5. The smallest absolute Gasteiger partial charge is 0.255 e. The van der Waals surface area contributed by atoms with Gasteiger partial charge in [-0.25, -0.2) is 0 Å². The first-order valence-electron chi connectivity index (χ1n) is 10.3. The first kappa shape index (κ1) is 23.7. The van der Waals surface area contributed by atoms with Crippen molar-refractivity contribution in [2.45, 2.75) is 0 Å². The SMILES string of the molecule is Nc1ccc(NC(=O)c2ccc(N)cc2)cc1.Nc1ccc(NC(=O)c2ccc(N)cc2)cc1. The molecule has 0 radical (unpaired) electrons. The number of hydrogen-bond donors (Lipinski definition) is 6. The highest BCUT2D eigenvalue weighted by Gasteiger charge is 2.06. The van der Waals surface area contributed by atoms with Crippen molar-refractivity contribution >= 4 is 45.9 Å². The van der Waals surface area contributed by atoms with Crippen molar-refractivity contribution in [3.05, 3.63) is 108 Å². The molecule has 2 amide bonds. The minimum Gasteiger partial charge on any atom is -0.399 e. The molecule has 0 aromatic heterocycles. The summed E-state index contributed by atoms with van der Waals surface area (Å²) >= 11 is 0. The summed E-state index contributed by atoms with van der Waals surface area (Å²) in [5.74, 6) is -0.343. The molecule has 0 saturated carbocycles. The van der Waals surface area contributed by atoms with Crippen LogP contribution >= 0.6 is 0 Å². The van der Waals surface area contributed by atoms with Gasteiger partial charge in [-0.1, -0.05) is 0 Å². The third-order valence-corrected chi connectivity index (χ3v) is 4.68. The van der Waals surface area contributed by atoms with E-state index in [1.807, 2.05) is 0 Å². The summed E-state index contributed by atoms with van der Waals surface area (Å²) in [6.07, 6.45) is 0. The third-order valence-electron chi connectivity index (χ3n) is 4.68. The van der Waals surface area contributed by atoms with Crippen LogP contribution in [-0.4, -0.2) is 11.8 Å². The van der Waals surface area contributed by atoms with E-state index in [4.69, 9.17) is 22.9 Å². The fourth-order valence-electron chi connectivity index (χ4n) is 2.81. The summed E-state index contributed by atoms with van der Waals surface area (Å²) in [6.45, 7) is 0. The zero-order valence-electron chi connectivity index (χ0n) is 18.4. The Morgan fingerprint density at radius 2 is 0.647 bits per heavy atom. The van der Waals surface area contributed by atoms with Gasteiger partial charge in [0.15, 0.2) is 0 Å². The second-order valence-corrected chi connectivity index (χ2v) is 7.40. The van der Waals surface area contributed by atoms with Crippen LogP contribution in [0.5, 0.6) is 0 Å². The third kappa shape index (κ3) is 7.03. The van der Waals surface area contributed by atoms with E-state index in [9.17, 15) is 9.59 Å².